The highest BCUT2D eigenvalue weighted by Crippen LogP contribution is 2.28. The first-order valence-electron chi connectivity index (χ1n) is 7.07. The van der Waals surface area contributed by atoms with E-state index < -0.39 is 0 Å². The van der Waals surface area contributed by atoms with Crippen LogP contribution in [0.25, 0.3) is 0 Å². The molecule has 0 saturated heterocycles. The molecule has 1 amide bonds. The van der Waals surface area contributed by atoms with Crippen molar-refractivity contribution >= 4 is 17.5 Å². The van der Waals surface area contributed by atoms with Crippen molar-refractivity contribution in [2.24, 2.45) is 11.8 Å². The van der Waals surface area contributed by atoms with Crippen LogP contribution in [0.3, 0.4) is 0 Å². The van der Waals surface area contributed by atoms with E-state index >= 15 is 0 Å². The van der Waals surface area contributed by atoms with Crippen LogP contribution in [-0.4, -0.2) is 18.3 Å². The first-order valence-corrected chi connectivity index (χ1v) is 7.61. The molecule has 0 atom stereocenters. The smallest absolute Gasteiger partial charge is 0.223 e. The van der Waals surface area contributed by atoms with Gasteiger partial charge in [-0.05, 0) is 44.4 Å². The third-order valence-electron chi connectivity index (χ3n) is 3.75. The summed E-state index contributed by atoms with van der Waals surface area (Å²) in [5.74, 6) is 2.14. The van der Waals surface area contributed by atoms with Crippen LogP contribution in [0.1, 0.15) is 58.3 Å². The van der Waals surface area contributed by atoms with Crippen LogP contribution in [0.2, 0.25) is 0 Å². The first kappa shape index (κ1) is 14.8. The summed E-state index contributed by atoms with van der Waals surface area (Å²) in [4.78, 5) is 11.9. The molecule has 1 rings (SSSR count). The Morgan fingerprint density at radius 2 is 1.76 bits per heavy atom. The van der Waals surface area contributed by atoms with Crippen molar-refractivity contribution in [1.29, 1.82) is 0 Å². The topological polar surface area (TPSA) is 29.1 Å². The van der Waals surface area contributed by atoms with Crippen LogP contribution in [0.15, 0.2) is 0 Å². The van der Waals surface area contributed by atoms with Crippen molar-refractivity contribution < 1.29 is 4.79 Å². The number of unbranched alkanes of at least 4 members (excludes halogenated alkanes) is 3. The lowest BCUT2D eigenvalue weighted by Gasteiger charge is -2.25. The van der Waals surface area contributed by atoms with E-state index in [0.717, 1.165) is 44.0 Å². The summed E-state index contributed by atoms with van der Waals surface area (Å²) in [6.07, 6.45) is 9.14. The summed E-state index contributed by atoms with van der Waals surface area (Å²) in [7, 11) is 0. The van der Waals surface area contributed by atoms with E-state index in [1.165, 1.54) is 25.7 Å². The zero-order valence-electron chi connectivity index (χ0n) is 11.0. The molecule has 2 nitrogen and oxygen atoms in total. The first-order chi connectivity index (χ1) is 8.24. The Hall–Kier alpha value is -0.240. The zero-order valence-corrected chi connectivity index (χ0v) is 11.8. The molecule has 100 valence electrons. The molecule has 0 aromatic heterocycles. The molecule has 1 aliphatic carbocycles. The molecule has 0 aromatic rings. The van der Waals surface area contributed by atoms with Gasteiger partial charge in [-0.2, -0.15) is 0 Å². The van der Waals surface area contributed by atoms with Crippen molar-refractivity contribution in [2.75, 3.05) is 12.4 Å². The van der Waals surface area contributed by atoms with E-state index in [2.05, 4.69) is 12.2 Å². The predicted molar refractivity (Wildman–Crippen MR) is 73.3 cm³/mol. The van der Waals surface area contributed by atoms with Gasteiger partial charge in [-0.1, -0.05) is 19.8 Å². The molecule has 1 fully saturated rings. The van der Waals surface area contributed by atoms with E-state index in [9.17, 15) is 4.79 Å². The summed E-state index contributed by atoms with van der Waals surface area (Å²) < 4.78 is 0. The fraction of sp³-hybridized carbons (Fsp3) is 0.929. The number of rotatable bonds is 7. The largest absolute Gasteiger partial charge is 0.356 e. The average molecular weight is 260 g/mol. The van der Waals surface area contributed by atoms with E-state index in [0.29, 0.717) is 0 Å². The van der Waals surface area contributed by atoms with Gasteiger partial charge in [0, 0.05) is 18.3 Å². The number of hydrogen-bond donors (Lipinski definition) is 1. The van der Waals surface area contributed by atoms with E-state index in [1.807, 2.05) is 0 Å². The Bertz CT molecular complexity index is 212. The summed E-state index contributed by atoms with van der Waals surface area (Å²) in [6, 6.07) is 0. The summed E-state index contributed by atoms with van der Waals surface area (Å²) in [5.41, 5.74) is 0. The molecule has 0 unspecified atom stereocenters. The standard InChI is InChI=1S/C14H26ClNO/c1-12-6-8-13(9-7-12)14(17)16-11-5-3-2-4-10-15/h12-13H,2-11H2,1H3,(H,16,17). The molecule has 0 aliphatic heterocycles. The number of amides is 1. The van der Waals surface area contributed by atoms with Crippen molar-refractivity contribution in [1.82, 2.24) is 5.32 Å². The minimum absolute atomic E-state index is 0.286. The van der Waals surface area contributed by atoms with Crippen molar-refractivity contribution in [3.8, 4) is 0 Å². The van der Waals surface area contributed by atoms with Crippen molar-refractivity contribution in [2.45, 2.75) is 58.3 Å². The van der Waals surface area contributed by atoms with Crippen LogP contribution in [0.5, 0.6) is 0 Å². The predicted octanol–water partition coefficient (Wildman–Crippen LogP) is 3.73. The molecule has 3 heteroatoms. The second kappa shape index (κ2) is 8.79. The van der Waals surface area contributed by atoms with Gasteiger partial charge in [0.05, 0.1) is 0 Å². The number of halogens is 1. The molecule has 0 spiro atoms. The van der Waals surface area contributed by atoms with Crippen molar-refractivity contribution in [3.05, 3.63) is 0 Å². The van der Waals surface area contributed by atoms with Gasteiger partial charge in [-0.25, -0.2) is 0 Å². The maximum absolute atomic E-state index is 11.9. The SMILES string of the molecule is CC1CCC(C(=O)NCCCCCCCl)CC1. The van der Waals surface area contributed by atoms with E-state index in [-0.39, 0.29) is 11.8 Å². The molecule has 17 heavy (non-hydrogen) atoms. The number of alkyl halides is 1. The molecule has 1 aliphatic rings. The molecule has 0 aromatic carbocycles. The van der Waals surface area contributed by atoms with Crippen molar-refractivity contribution in [3.63, 3.8) is 0 Å². The van der Waals surface area contributed by atoms with Gasteiger partial charge in [0.15, 0.2) is 0 Å². The second-order valence-corrected chi connectivity index (χ2v) is 5.73. The highest BCUT2D eigenvalue weighted by Gasteiger charge is 2.23. The highest BCUT2D eigenvalue weighted by atomic mass is 35.5. The molecule has 1 N–H and O–H groups in total. The monoisotopic (exact) mass is 259 g/mol. The molecule has 0 radical (unpaired) electrons. The van der Waals surface area contributed by atoms with E-state index in [1.54, 1.807) is 0 Å². The summed E-state index contributed by atoms with van der Waals surface area (Å²) >= 11 is 5.61. The van der Waals surface area contributed by atoms with Crippen LogP contribution in [0, 0.1) is 11.8 Å². The number of nitrogens with one attached hydrogen (secondary N) is 1. The Morgan fingerprint density at radius 1 is 1.12 bits per heavy atom. The fourth-order valence-electron chi connectivity index (χ4n) is 2.45. The maximum atomic E-state index is 11.9. The van der Waals surface area contributed by atoms with Crippen LogP contribution in [-0.2, 0) is 4.79 Å². The molecule has 0 heterocycles. The van der Waals surface area contributed by atoms with Gasteiger partial charge in [-0.15, -0.1) is 11.6 Å². The Labute approximate surface area is 110 Å². The molecule has 0 bridgehead atoms. The van der Waals surface area contributed by atoms with Gasteiger partial charge in [0.25, 0.3) is 0 Å². The number of carbonyl (C=O) groups excluding carboxylic acids is 1. The molecular weight excluding hydrogens is 234 g/mol. The minimum atomic E-state index is 0.286. The molecular formula is C14H26ClNO. The third-order valence-corrected chi connectivity index (χ3v) is 4.01. The second-order valence-electron chi connectivity index (χ2n) is 5.35. The quantitative estimate of drug-likeness (QED) is 0.548. The van der Waals surface area contributed by atoms with Gasteiger partial charge >= 0.3 is 0 Å². The van der Waals surface area contributed by atoms with Crippen LogP contribution < -0.4 is 5.32 Å². The van der Waals surface area contributed by atoms with Gasteiger partial charge < -0.3 is 5.32 Å². The fourth-order valence-corrected chi connectivity index (χ4v) is 2.64. The number of hydrogen-bond acceptors (Lipinski definition) is 1. The lowest BCUT2D eigenvalue weighted by Crippen LogP contribution is -2.33. The maximum Gasteiger partial charge on any atom is 0.223 e. The van der Waals surface area contributed by atoms with E-state index in [4.69, 9.17) is 11.6 Å². The lowest BCUT2D eigenvalue weighted by atomic mass is 9.82. The van der Waals surface area contributed by atoms with Crippen LogP contribution >= 0.6 is 11.6 Å². The Kier molecular flexibility index (Phi) is 7.67. The van der Waals surface area contributed by atoms with Gasteiger partial charge in [-0.3, -0.25) is 4.79 Å². The third kappa shape index (κ3) is 6.30. The number of carbonyl (C=O) groups is 1. The van der Waals surface area contributed by atoms with Crippen LogP contribution in [0.4, 0.5) is 0 Å². The normalized spacial score (nSPS) is 24.6. The van der Waals surface area contributed by atoms with Gasteiger partial charge in [0.1, 0.15) is 0 Å². The molecule has 1 saturated carbocycles. The Morgan fingerprint density at radius 3 is 2.41 bits per heavy atom. The Balaban J connectivity index is 2.01. The zero-order chi connectivity index (χ0) is 12.5. The highest BCUT2D eigenvalue weighted by molar-refractivity contribution is 6.17. The van der Waals surface area contributed by atoms with Gasteiger partial charge in [0.2, 0.25) is 5.91 Å². The minimum Gasteiger partial charge on any atom is -0.356 e. The summed E-state index contributed by atoms with van der Waals surface area (Å²) in [5, 5.41) is 3.07. The average Bonchev–Trinajstić information content (AvgIpc) is 2.34. The summed E-state index contributed by atoms with van der Waals surface area (Å²) in [6.45, 7) is 3.12. The lowest BCUT2D eigenvalue weighted by molar-refractivity contribution is -0.126.